The standard InChI is InChI=1S/C19H18F3NO3/c20-19(21,22)11-10-13-6-8-15(9-7-13)18(26)23-16(12-17(24)25)14-4-2-1-3-5-14/h1-9,16H,10-12H2,(H,23,26)(H,24,25). The third-order valence-corrected chi connectivity index (χ3v) is 3.80. The van der Waals surface area contributed by atoms with Gasteiger partial charge in [-0.25, -0.2) is 0 Å². The number of halogens is 3. The molecule has 1 unspecified atom stereocenters. The molecule has 0 aliphatic heterocycles. The molecule has 2 aromatic rings. The Hall–Kier alpha value is -2.83. The van der Waals surface area contributed by atoms with E-state index >= 15 is 0 Å². The first-order chi connectivity index (χ1) is 12.2. The van der Waals surface area contributed by atoms with Gasteiger partial charge in [-0.3, -0.25) is 9.59 Å². The lowest BCUT2D eigenvalue weighted by molar-refractivity contribution is -0.137. The maximum absolute atomic E-state index is 12.4. The van der Waals surface area contributed by atoms with Crippen molar-refractivity contribution in [1.29, 1.82) is 0 Å². The molecule has 26 heavy (non-hydrogen) atoms. The van der Waals surface area contributed by atoms with E-state index in [0.29, 0.717) is 11.1 Å². The van der Waals surface area contributed by atoms with Crippen LogP contribution in [0.15, 0.2) is 54.6 Å². The predicted molar refractivity (Wildman–Crippen MR) is 89.7 cm³/mol. The van der Waals surface area contributed by atoms with Crippen LogP contribution in [0.2, 0.25) is 0 Å². The van der Waals surface area contributed by atoms with Gasteiger partial charge in [-0.2, -0.15) is 13.2 Å². The number of hydrogen-bond acceptors (Lipinski definition) is 2. The van der Waals surface area contributed by atoms with E-state index in [2.05, 4.69) is 5.32 Å². The molecule has 2 rings (SSSR count). The third-order valence-electron chi connectivity index (χ3n) is 3.80. The summed E-state index contributed by atoms with van der Waals surface area (Å²) in [5.74, 6) is -1.54. The van der Waals surface area contributed by atoms with Gasteiger partial charge in [-0.15, -0.1) is 0 Å². The molecule has 4 nitrogen and oxygen atoms in total. The summed E-state index contributed by atoms with van der Waals surface area (Å²) in [5, 5.41) is 11.7. The topological polar surface area (TPSA) is 66.4 Å². The molecule has 0 spiro atoms. The number of carbonyl (C=O) groups is 2. The molecule has 2 N–H and O–H groups in total. The number of rotatable bonds is 7. The summed E-state index contributed by atoms with van der Waals surface area (Å²) in [5.41, 5.74) is 1.39. The van der Waals surface area contributed by atoms with Crippen molar-refractivity contribution in [3.05, 3.63) is 71.3 Å². The molecule has 0 heterocycles. The Bertz CT molecular complexity index is 743. The molecule has 0 aliphatic rings. The number of carboxylic acid groups (broad SMARTS) is 1. The van der Waals surface area contributed by atoms with Crippen molar-refractivity contribution in [2.75, 3.05) is 0 Å². The molecule has 0 radical (unpaired) electrons. The van der Waals surface area contributed by atoms with Gasteiger partial charge < -0.3 is 10.4 Å². The van der Waals surface area contributed by atoms with Crippen molar-refractivity contribution in [3.8, 4) is 0 Å². The second-order valence-corrected chi connectivity index (χ2v) is 5.85. The Kier molecular flexibility index (Phi) is 6.38. The smallest absolute Gasteiger partial charge is 0.389 e. The van der Waals surface area contributed by atoms with Gasteiger partial charge in [0.2, 0.25) is 0 Å². The van der Waals surface area contributed by atoms with Gasteiger partial charge >= 0.3 is 12.1 Å². The van der Waals surface area contributed by atoms with Crippen molar-refractivity contribution in [2.24, 2.45) is 0 Å². The zero-order valence-corrected chi connectivity index (χ0v) is 13.8. The van der Waals surface area contributed by atoms with Gasteiger partial charge in [-0.1, -0.05) is 42.5 Å². The Morgan fingerprint density at radius 2 is 1.62 bits per heavy atom. The molecular formula is C19H18F3NO3. The zero-order chi connectivity index (χ0) is 19.2. The van der Waals surface area contributed by atoms with Crippen LogP contribution in [0, 0.1) is 0 Å². The van der Waals surface area contributed by atoms with Crippen molar-refractivity contribution < 1.29 is 27.9 Å². The molecular weight excluding hydrogens is 347 g/mol. The van der Waals surface area contributed by atoms with Crippen LogP contribution in [-0.4, -0.2) is 23.2 Å². The molecule has 0 bridgehead atoms. The van der Waals surface area contributed by atoms with E-state index in [9.17, 15) is 22.8 Å². The number of benzene rings is 2. The third kappa shape index (κ3) is 6.23. The number of amides is 1. The van der Waals surface area contributed by atoms with Crippen LogP contribution >= 0.6 is 0 Å². The van der Waals surface area contributed by atoms with Crippen molar-refractivity contribution >= 4 is 11.9 Å². The van der Waals surface area contributed by atoms with E-state index in [0.717, 1.165) is 0 Å². The summed E-state index contributed by atoms with van der Waals surface area (Å²) < 4.78 is 36.7. The normalized spacial score (nSPS) is 12.4. The number of aryl methyl sites for hydroxylation is 1. The van der Waals surface area contributed by atoms with Crippen molar-refractivity contribution in [3.63, 3.8) is 0 Å². The summed E-state index contributed by atoms with van der Waals surface area (Å²) in [6.45, 7) is 0. The molecule has 0 aromatic heterocycles. The summed E-state index contributed by atoms with van der Waals surface area (Å²) >= 11 is 0. The second kappa shape index (κ2) is 8.51. The molecule has 1 amide bonds. The first kappa shape index (κ1) is 19.5. The lowest BCUT2D eigenvalue weighted by atomic mass is 10.0. The Labute approximate surface area is 148 Å². The highest BCUT2D eigenvalue weighted by Crippen LogP contribution is 2.22. The van der Waals surface area contributed by atoms with E-state index in [1.165, 1.54) is 24.3 Å². The number of carbonyl (C=O) groups excluding carboxylic acids is 1. The number of hydrogen-bond donors (Lipinski definition) is 2. The molecule has 0 saturated heterocycles. The highest BCUT2D eigenvalue weighted by Gasteiger charge is 2.26. The summed E-state index contributed by atoms with van der Waals surface area (Å²) in [6.07, 6.45) is -5.58. The quantitative estimate of drug-likeness (QED) is 0.775. The molecule has 1 atom stereocenters. The Balaban J connectivity index is 2.05. The van der Waals surface area contributed by atoms with Crippen LogP contribution in [0.1, 0.15) is 40.4 Å². The monoisotopic (exact) mass is 365 g/mol. The predicted octanol–water partition coefficient (Wildman–Crippen LogP) is 4.13. The van der Waals surface area contributed by atoms with E-state index < -0.39 is 30.5 Å². The Morgan fingerprint density at radius 1 is 1.00 bits per heavy atom. The van der Waals surface area contributed by atoms with Gasteiger partial charge in [0, 0.05) is 12.0 Å². The summed E-state index contributed by atoms with van der Waals surface area (Å²) in [7, 11) is 0. The summed E-state index contributed by atoms with van der Waals surface area (Å²) in [4.78, 5) is 23.4. The maximum atomic E-state index is 12.4. The number of carboxylic acids is 1. The first-order valence-corrected chi connectivity index (χ1v) is 7.98. The molecule has 138 valence electrons. The van der Waals surface area contributed by atoms with Crippen LogP contribution < -0.4 is 5.32 Å². The second-order valence-electron chi connectivity index (χ2n) is 5.85. The van der Waals surface area contributed by atoms with Gasteiger partial charge in [-0.05, 0) is 29.7 Å². The highest BCUT2D eigenvalue weighted by molar-refractivity contribution is 5.94. The molecule has 0 saturated carbocycles. The minimum Gasteiger partial charge on any atom is -0.481 e. The highest BCUT2D eigenvalue weighted by atomic mass is 19.4. The fraction of sp³-hybridized carbons (Fsp3) is 0.263. The minimum absolute atomic E-state index is 0.156. The number of nitrogens with one attached hydrogen (secondary N) is 1. The van der Waals surface area contributed by atoms with E-state index in [1.807, 2.05) is 0 Å². The van der Waals surface area contributed by atoms with E-state index in [-0.39, 0.29) is 18.4 Å². The van der Waals surface area contributed by atoms with Crippen LogP contribution in [0.4, 0.5) is 13.2 Å². The van der Waals surface area contributed by atoms with E-state index in [1.54, 1.807) is 30.3 Å². The molecule has 0 fully saturated rings. The van der Waals surface area contributed by atoms with Crippen molar-refractivity contribution in [1.82, 2.24) is 5.32 Å². The fourth-order valence-corrected chi connectivity index (χ4v) is 2.46. The first-order valence-electron chi connectivity index (χ1n) is 7.98. The number of aliphatic carboxylic acids is 1. The van der Waals surface area contributed by atoms with Crippen LogP contribution in [0.25, 0.3) is 0 Å². The van der Waals surface area contributed by atoms with Gasteiger partial charge in [0.25, 0.3) is 5.91 Å². The maximum Gasteiger partial charge on any atom is 0.389 e. The average Bonchev–Trinajstić information content (AvgIpc) is 2.59. The zero-order valence-electron chi connectivity index (χ0n) is 13.8. The average molecular weight is 365 g/mol. The molecule has 7 heteroatoms. The minimum atomic E-state index is -4.23. The van der Waals surface area contributed by atoms with Crippen LogP contribution in [-0.2, 0) is 11.2 Å². The Morgan fingerprint density at radius 3 is 2.15 bits per heavy atom. The lowest BCUT2D eigenvalue weighted by Crippen LogP contribution is -2.30. The lowest BCUT2D eigenvalue weighted by Gasteiger charge is -2.17. The van der Waals surface area contributed by atoms with Crippen LogP contribution in [0.5, 0.6) is 0 Å². The summed E-state index contributed by atoms with van der Waals surface area (Å²) in [6, 6.07) is 13.8. The van der Waals surface area contributed by atoms with Gasteiger partial charge in [0.15, 0.2) is 0 Å². The molecule has 2 aromatic carbocycles. The fourth-order valence-electron chi connectivity index (χ4n) is 2.46. The number of alkyl halides is 3. The van der Waals surface area contributed by atoms with E-state index in [4.69, 9.17) is 5.11 Å². The van der Waals surface area contributed by atoms with Crippen molar-refractivity contribution in [2.45, 2.75) is 31.5 Å². The largest absolute Gasteiger partial charge is 0.481 e. The molecule has 0 aliphatic carbocycles. The van der Waals surface area contributed by atoms with Crippen LogP contribution in [0.3, 0.4) is 0 Å². The van der Waals surface area contributed by atoms with Gasteiger partial charge in [0.1, 0.15) is 0 Å². The SMILES string of the molecule is O=C(O)CC(NC(=O)c1ccc(CCC(F)(F)F)cc1)c1ccccc1. The van der Waals surface area contributed by atoms with Gasteiger partial charge in [0.05, 0.1) is 12.5 Å².